The van der Waals surface area contributed by atoms with E-state index >= 15 is 0 Å². The summed E-state index contributed by atoms with van der Waals surface area (Å²) in [6.07, 6.45) is 0.683. The number of ether oxygens (including phenoxy) is 5. The molecular formula is C33H39N3O7. The fraction of sp³-hybridized carbons (Fsp3) is 0.394. The van der Waals surface area contributed by atoms with Crippen molar-refractivity contribution in [1.29, 1.82) is 0 Å². The second-order valence-electron chi connectivity index (χ2n) is 10.5. The Morgan fingerprint density at radius 2 is 1.37 bits per heavy atom. The van der Waals surface area contributed by atoms with Crippen molar-refractivity contribution in [1.82, 2.24) is 4.90 Å². The van der Waals surface area contributed by atoms with E-state index < -0.39 is 12.0 Å². The van der Waals surface area contributed by atoms with Crippen molar-refractivity contribution >= 4 is 23.2 Å². The van der Waals surface area contributed by atoms with Gasteiger partial charge in [-0.25, -0.2) is 0 Å². The van der Waals surface area contributed by atoms with Gasteiger partial charge in [0.15, 0.2) is 11.5 Å². The minimum absolute atomic E-state index is 0.0328. The molecule has 43 heavy (non-hydrogen) atoms. The standard InChI is InChI=1S/C33H39N3O7/c1-39-24-12-10-22(11-13-24)31-25(33(38)35-18-16-34(17-19-35)26-8-6-7-9-27(26)40-2)14-15-30(37)36(31)23-20-28(41-3)32(43-5)29(21-23)42-4/h6-13,20-21,25,31H,14-19H2,1-5H3. The van der Waals surface area contributed by atoms with E-state index in [2.05, 4.69) is 4.90 Å². The number of hydrogen-bond acceptors (Lipinski definition) is 8. The first-order chi connectivity index (χ1) is 20.9. The second-order valence-corrected chi connectivity index (χ2v) is 10.5. The van der Waals surface area contributed by atoms with Crippen molar-refractivity contribution < 1.29 is 33.3 Å². The van der Waals surface area contributed by atoms with Crippen LogP contribution in [0.25, 0.3) is 0 Å². The second kappa shape index (κ2) is 13.1. The Balaban J connectivity index is 1.48. The first-order valence-electron chi connectivity index (χ1n) is 14.4. The number of anilines is 2. The molecule has 0 radical (unpaired) electrons. The van der Waals surface area contributed by atoms with Crippen LogP contribution in [0, 0.1) is 5.92 Å². The summed E-state index contributed by atoms with van der Waals surface area (Å²) in [5.41, 5.74) is 2.43. The van der Waals surface area contributed by atoms with Crippen LogP contribution in [0.2, 0.25) is 0 Å². The molecule has 2 unspecified atom stereocenters. The third kappa shape index (κ3) is 5.86. The molecule has 2 aliphatic rings. The van der Waals surface area contributed by atoms with Crippen LogP contribution in [-0.4, -0.2) is 78.4 Å². The number of nitrogens with zero attached hydrogens (tertiary/aromatic N) is 3. The quantitative estimate of drug-likeness (QED) is 0.359. The summed E-state index contributed by atoms with van der Waals surface area (Å²) in [6, 6.07) is 18.5. The lowest BCUT2D eigenvalue weighted by molar-refractivity contribution is -0.138. The van der Waals surface area contributed by atoms with E-state index in [1.807, 2.05) is 53.4 Å². The maximum absolute atomic E-state index is 14.3. The monoisotopic (exact) mass is 589 g/mol. The first kappa shape index (κ1) is 29.9. The fourth-order valence-electron chi connectivity index (χ4n) is 6.14. The maximum Gasteiger partial charge on any atom is 0.228 e. The highest BCUT2D eigenvalue weighted by molar-refractivity contribution is 5.98. The van der Waals surface area contributed by atoms with E-state index in [0.717, 1.165) is 17.0 Å². The summed E-state index contributed by atoms with van der Waals surface area (Å²) in [5.74, 6) is 2.29. The number of piperidine rings is 1. The van der Waals surface area contributed by atoms with Crippen LogP contribution in [0.4, 0.5) is 11.4 Å². The lowest BCUT2D eigenvalue weighted by Gasteiger charge is -2.44. The molecule has 0 N–H and O–H groups in total. The predicted octanol–water partition coefficient (Wildman–Crippen LogP) is 4.56. The van der Waals surface area contributed by atoms with Crippen molar-refractivity contribution in [2.75, 3.05) is 71.5 Å². The summed E-state index contributed by atoms with van der Waals surface area (Å²) < 4.78 is 27.7. The summed E-state index contributed by atoms with van der Waals surface area (Å²) in [5, 5.41) is 0. The van der Waals surface area contributed by atoms with Crippen LogP contribution in [-0.2, 0) is 9.59 Å². The van der Waals surface area contributed by atoms with Gasteiger partial charge in [0.1, 0.15) is 11.5 Å². The van der Waals surface area contributed by atoms with Crippen LogP contribution < -0.4 is 33.5 Å². The highest BCUT2D eigenvalue weighted by Crippen LogP contribution is 2.47. The van der Waals surface area contributed by atoms with Gasteiger partial charge in [0.2, 0.25) is 17.6 Å². The average molecular weight is 590 g/mol. The van der Waals surface area contributed by atoms with E-state index in [1.54, 1.807) is 31.3 Å². The summed E-state index contributed by atoms with van der Waals surface area (Å²) >= 11 is 0. The van der Waals surface area contributed by atoms with Crippen molar-refractivity contribution in [2.24, 2.45) is 5.92 Å². The molecule has 2 atom stereocenters. The molecule has 2 saturated heterocycles. The van der Waals surface area contributed by atoms with Gasteiger partial charge in [-0.3, -0.25) is 9.59 Å². The number of hydrogen-bond donors (Lipinski definition) is 0. The van der Waals surface area contributed by atoms with Crippen LogP contribution in [0.5, 0.6) is 28.7 Å². The van der Waals surface area contributed by atoms with Gasteiger partial charge in [-0.1, -0.05) is 24.3 Å². The minimum atomic E-state index is -0.547. The highest BCUT2D eigenvalue weighted by Gasteiger charge is 2.44. The number of amides is 2. The number of benzene rings is 3. The Hall–Kier alpha value is -4.60. The van der Waals surface area contributed by atoms with Gasteiger partial charge in [0.05, 0.1) is 58.9 Å². The van der Waals surface area contributed by atoms with Gasteiger partial charge in [-0.15, -0.1) is 0 Å². The highest BCUT2D eigenvalue weighted by atomic mass is 16.5. The minimum Gasteiger partial charge on any atom is -0.497 e. The predicted molar refractivity (Wildman–Crippen MR) is 164 cm³/mol. The van der Waals surface area contributed by atoms with E-state index in [4.69, 9.17) is 23.7 Å². The number of para-hydroxylation sites is 2. The van der Waals surface area contributed by atoms with Crippen molar-refractivity contribution in [3.05, 3.63) is 66.2 Å². The van der Waals surface area contributed by atoms with Crippen molar-refractivity contribution in [3.8, 4) is 28.7 Å². The molecule has 0 aromatic heterocycles. The molecule has 3 aromatic rings. The molecule has 228 valence electrons. The van der Waals surface area contributed by atoms with Crippen molar-refractivity contribution in [3.63, 3.8) is 0 Å². The smallest absolute Gasteiger partial charge is 0.228 e. The molecule has 2 amide bonds. The van der Waals surface area contributed by atoms with Crippen molar-refractivity contribution in [2.45, 2.75) is 18.9 Å². The number of methoxy groups -OCH3 is 5. The van der Waals surface area contributed by atoms with E-state index in [9.17, 15) is 9.59 Å². The zero-order valence-electron chi connectivity index (χ0n) is 25.4. The molecule has 10 heteroatoms. The van der Waals surface area contributed by atoms with E-state index in [0.29, 0.717) is 61.3 Å². The van der Waals surface area contributed by atoms with Crippen LogP contribution in [0.3, 0.4) is 0 Å². The number of carbonyl (C=O) groups excluding carboxylic acids is 2. The molecule has 2 aliphatic heterocycles. The fourth-order valence-corrected chi connectivity index (χ4v) is 6.14. The average Bonchev–Trinajstić information content (AvgIpc) is 3.07. The van der Waals surface area contributed by atoms with E-state index in [1.165, 1.54) is 21.3 Å². The molecule has 5 rings (SSSR count). The molecule has 2 fully saturated rings. The topological polar surface area (TPSA) is 90.0 Å². The number of carbonyl (C=O) groups is 2. The number of rotatable bonds is 9. The number of piperazine rings is 1. The van der Waals surface area contributed by atoms with E-state index in [-0.39, 0.29) is 18.2 Å². The zero-order valence-corrected chi connectivity index (χ0v) is 25.4. The van der Waals surface area contributed by atoms with Gasteiger partial charge < -0.3 is 38.4 Å². The van der Waals surface area contributed by atoms with Crippen LogP contribution in [0.15, 0.2) is 60.7 Å². The summed E-state index contributed by atoms with van der Waals surface area (Å²) in [4.78, 5) is 33.9. The molecule has 2 heterocycles. The maximum atomic E-state index is 14.3. The SMILES string of the molecule is COc1ccc(C2C(C(=O)N3CCN(c4ccccc4OC)CC3)CCC(=O)N2c2cc(OC)c(OC)c(OC)c2)cc1. The molecule has 3 aromatic carbocycles. The third-order valence-electron chi connectivity index (χ3n) is 8.32. The Labute approximate surface area is 252 Å². The Morgan fingerprint density at radius 1 is 0.744 bits per heavy atom. The Kier molecular flexibility index (Phi) is 9.13. The zero-order chi connectivity index (χ0) is 30.5. The van der Waals surface area contributed by atoms with Gasteiger partial charge in [0.25, 0.3) is 0 Å². The molecule has 0 bridgehead atoms. The van der Waals surface area contributed by atoms with Gasteiger partial charge in [0, 0.05) is 44.7 Å². The molecular weight excluding hydrogens is 550 g/mol. The largest absolute Gasteiger partial charge is 0.497 e. The first-order valence-corrected chi connectivity index (χ1v) is 14.4. The molecule has 0 aliphatic carbocycles. The summed E-state index contributed by atoms with van der Waals surface area (Å²) in [6.45, 7) is 2.50. The molecule has 0 spiro atoms. The summed E-state index contributed by atoms with van der Waals surface area (Å²) in [7, 11) is 7.89. The van der Waals surface area contributed by atoms with Crippen LogP contribution in [0.1, 0.15) is 24.4 Å². The molecule has 0 saturated carbocycles. The van der Waals surface area contributed by atoms with Gasteiger partial charge in [-0.05, 0) is 36.2 Å². The Morgan fingerprint density at radius 3 is 1.95 bits per heavy atom. The van der Waals surface area contributed by atoms with Gasteiger partial charge in [-0.2, -0.15) is 0 Å². The molecule has 10 nitrogen and oxygen atoms in total. The lowest BCUT2D eigenvalue weighted by atomic mass is 9.82. The normalized spacial score (nSPS) is 18.7. The third-order valence-corrected chi connectivity index (χ3v) is 8.32. The van der Waals surface area contributed by atoms with Crippen LogP contribution >= 0.6 is 0 Å². The lowest BCUT2D eigenvalue weighted by Crippen LogP contribution is -2.54. The Bertz CT molecular complexity index is 1410. The van der Waals surface area contributed by atoms with Gasteiger partial charge >= 0.3 is 0 Å².